The fraction of sp³-hybridized carbons (Fsp3) is 0.176. The van der Waals surface area contributed by atoms with Gasteiger partial charge in [0.2, 0.25) is 0 Å². The van der Waals surface area contributed by atoms with Crippen LogP contribution in [0.2, 0.25) is 0 Å². The highest BCUT2D eigenvalue weighted by molar-refractivity contribution is 7.92. The number of fused-ring (bicyclic) bond motifs is 1. The van der Waals surface area contributed by atoms with E-state index in [1.165, 1.54) is 19.2 Å². The number of sulfonamides is 1. The molecule has 0 aliphatic heterocycles. The van der Waals surface area contributed by atoms with Gasteiger partial charge in [-0.15, -0.1) is 0 Å². The van der Waals surface area contributed by atoms with Crippen LogP contribution in [0, 0.1) is 13.8 Å². The molecule has 7 nitrogen and oxygen atoms in total. The molecule has 130 valence electrons. The maximum absolute atomic E-state index is 12.8. The zero-order chi connectivity index (χ0) is 18.2. The Hall–Kier alpha value is -2.87. The molecular weight excluding hydrogens is 344 g/mol. The van der Waals surface area contributed by atoms with Gasteiger partial charge in [0.05, 0.1) is 24.1 Å². The summed E-state index contributed by atoms with van der Waals surface area (Å²) >= 11 is 0. The molecule has 0 unspecified atom stereocenters. The van der Waals surface area contributed by atoms with E-state index in [0.29, 0.717) is 27.9 Å². The minimum absolute atomic E-state index is 0.0302. The second-order valence-corrected chi connectivity index (χ2v) is 7.18. The summed E-state index contributed by atoms with van der Waals surface area (Å²) in [5, 5.41) is 4.58. The standard InChI is InChI=1S/C17H16N2O5S/c1-10-8-15-13(11(2)18-24-15)9-14(10)19-25(21,22)16-7-5-4-6-12(16)17(20)23-3/h4-9,19H,1-3H3. The quantitative estimate of drug-likeness (QED) is 0.718. The third-order valence-electron chi connectivity index (χ3n) is 3.82. The van der Waals surface area contributed by atoms with Crippen molar-refractivity contribution in [1.82, 2.24) is 5.16 Å². The Kier molecular flexibility index (Phi) is 4.22. The molecule has 0 spiro atoms. The monoisotopic (exact) mass is 360 g/mol. The summed E-state index contributed by atoms with van der Waals surface area (Å²) in [6.45, 7) is 3.52. The third kappa shape index (κ3) is 3.08. The topological polar surface area (TPSA) is 98.5 Å². The van der Waals surface area contributed by atoms with E-state index in [2.05, 4.69) is 14.6 Å². The van der Waals surface area contributed by atoms with Crippen molar-refractivity contribution in [3.8, 4) is 0 Å². The molecule has 0 saturated carbocycles. The van der Waals surface area contributed by atoms with E-state index < -0.39 is 16.0 Å². The molecule has 2 aromatic carbocycles. The average molecular weight is 360 g/mol. The summed E-state index contributed by atoms with van der Waals surface area (Å²) in [5.41, 5.74) is 2.26. The summed E-state index contributed by atoms with van der Waals surface area (Å²) in [6, 6.07) is 9.24. The summed E-state index contributed by atoms with van der Waals surface area (Å²) in [6.07, 6.45) is 0. The van der Waals surface area contributed by atoms with Gasteiger partial charge in [-0.2, -0.15) is 0 Å². The lowest BCUT2D eigenvalue weighted by molar-refractivity contribution is 0.0596. The molecule has 8 heteroatoms. The van der Waals surface area contributed by atoms with Gasteiger partial charge in [0.15, 0.2) is 5.58 Å². The first-order valence-corrected chi connectivity index (χ1v) is 8.88. The van der Waals surface area contributed by atoms with E-state index in [4.69, 9.17) is 4.52 Å². The zero-order valence-corrected chi connectivity index (χ0v) is 14.7. The number of nitrogens with zero attached hydrogens (tertiary/aromatic N) is 1. The van der Waals surface area contributed by atoms with Gasteiger partial charge in [0, 0.05) is 5.39 Å². The van der Waals surface area contributed by atoms with Crippen molar-refractivity contribution >= 4 is 32.6 Å². The van der Waals surface area contributed by atoms with Crippen molar-refractivity contribution < 1.29 is 22.5 Å². The van der Waals surface area contributed by atoms with Gasteiger partial charge in [0.1, 0.15) is 4.90 Å². The number of anilines is 1. The molecule has 1 N–H and O–H groups in total. The molecule has 0 radical (unpaired) electrons. The number of carbonyl (C=O) groups excluding carboxylic acids is 1. The van der Waals surface area contributed by atoms with E-state index in [9.17, 15) is 13.2 Å². The smallest absolute Gasteiger partial charge is 0.339 e. The lowest BCUT2D eigenvalue weighted by Gasteiger charge is -2.13. The number of esters is 1. The van der Waals surface area contributed by atoms with Crippen LogP contribution in [0.4, 0.5) is 5.69 Å². The third-order valence-corrected chi connectivity index (χ3v) is 5.25. The molecule has 3 aromatic rings. The maximum Gasteiger partial charge on any atom is 0.339 e. The number of aromatic nitrogens is 1. The van der Waals surface area contributed by atoms with Crippen molar-refractivity contribution in [2.45, 2.75) is 18.7 Å². The van der Waals surface area contributed by atoms with Crippen LogP contribution in [0.25, 0.3) is 11.0 Å². The van der Waals surface area contributed by atoms with E-state index >= 15 is 0 Å². The molecule has 1 aromatic heterocycles. The predicted molar refractivity (Wildman–Crippen MR) is 92.1 cm³/mol. The Bertz CT molecular complexity index is 1070. The lowest BCUT2D eigenvalue weighted by Crippen LogP contribution is -2.18. The van der Waals surface area contributed by atoms with E-state index in [1.54, 1.807) is 38.1 Å². The van der Waals surface area contributed by atoms with Crippen molar-refractivity contribution in [3.05, 3.63) is 53.2 Å². The molecule has 0 aliphatic rings. The van der Waals surface area contributed by atoms with Gasteiger partial charge < -0.3 is 9.26 Å². The highest BCUT2D eigenvalue weighted by Crippen LogP contribution is 2.28. The molecule has 1 heterocycles. The number of nitrogens with one attached hydrogen (secondary N) is 1. The highest BCUT2D eigenvalue weighted by atomic mass is 32.2. The van der Waals surface area contributed by atoms with Crippen LogP contribution >= 0.6 is 0 Å². The number of benzene rings is 2. The largest absolute Gasteiger partial charge is 0.465 e. The number of methoxy groups -OCH3 is 1. The van der Waals surface area contributed by atoms with Gasteiger partial charge in [-0.1, -0.05) is 17.3 Å². The number of aryl methyl sites for hydroxylation is 2. The zero-order valence-electron chi connectivity index (χ0n) is 13.9. The van der Waals surface area contributed by atoms with Gasteiger partial charge in [-0.05, 0) is 43.7 Å². The lowest BCUT2D eigenvalue weighted by atomic mass is 10.1. The molecule has 0 saturated heterocycles. The van der Waals surface area contributed by atoms with Crippen LogP contribution in [0.15, 0.2) is 45.8 Å². The fourth-order valence-corrected chi connectivity index (χ4v) is 3.81. The highest BCUT2D eigenvalue weighted by Gasteiger charge is 2.23. The van der Waals surface area contributed by atoms with Crippen LogP contribution in [-0.2, 0) is 14.8 Å². The predicted octanol–water partition coefficient (Wildman–Crippen LogP) is 3.03. The maximum atomic E-state index is 12.8. The first-order chi connectivity index (χ1) is 11.8. The fourth-order valence-electron chi connectivity index (χ4n) is 2.50. The first-order valence-electron chi connectivity index (χ1n) is 7.40. The molecular formula is C17H16N2O5S. The summed E-state index contributed by atoms with van der Waals surface area (Å²) in [5.74, 6) is -0.719. The van der Waals surface area contributed by atoms with Crippen molar-refractivity contribution in [2.75, 3.05) is 11.8 Å². The first kappa shape index (κ1) is 17.0. The Labute approximate surface area is 144 Å². The molecule has 25 heavy (non-hydrogen) atoms. The van der Waals surface area contributed by atoms with Crippen LogP contribution in [0.5, 0.6) is 0 Å². The van der Waals surface area contributed by atoms with Crippen molar-refractivity contribution in [1.29, 1.82) is 0 Å². The number of ether oxygens (including phenoxy) is 1. The van der Waals surface area contributed by atoms with Crippen molar-refractivity contribution in [3.63, 3.8) is 0 Å². The van der Waals surface area contributed by atoms with E-state index in [-0.39, 0.29) is 10.5 Å². The van der Waals surface area contributed by atoms with Gasteiger partial charge in [0.25, 0.3) is 10.0 Å². The molecule has 3 rings (SSSR count). The van der Waals surface area contributed by atoms with Gasteiger partial charge in [-0.25, -0.2) is 13.2 Å². The van der Waals surface area contributed by atoms with E-state index in [1.807, 2.05) is 0 Å². The normalized spacial score (nSPS) is 11.5. The average Bonchev–Trinajstić information content (AvgIpc) is 2.94. The van der Waals surface area contributed by atoms with Crippen LogP contribution < -0.4 is 4.72 Å². The number of hydrogen-bond donors (Lipinski definition) is 1. The minimum atomic E-state index is -3.99. The molecule has 0 amide bonds. The molecule has 0 bridgehead atoms. The molecule has 0 aliphatic carbocycles. The van der Waals surface area contributed by atoms with Crippen LogP contribution in [0.1, 0.15) is 21.6 Å². The van der Waals surface area contributed by atoms with Crippen LogP contribution in [-0.4, -0.2) is 26.7 Å². The number of hydrogen-bond acceptors (Lipinski definition) is 6. The Balaban J connectivity index is 2.07. The number of carbonyl (C=O) groups is 1. The summed E-state index contributed by atoms with van der Waals surface area (Å²) < 4.78 is 38.0. The van der Waals surface area contributed by atoms with E-state index in [0.717, 1.165) is 0 Å². The Morgan fingerprint density at radius 3 is 2.64 bits per heavy atom. The van der Waals surface area contributed by atoms with Gasteiger partial charge >= 0.3 is 5.97 Å². The SMILES string of the molecule is COC(=O)c1ccccc1S(=O)(=O)Nc1cc2c(C)noc2cc1C. The minimum Gasteiger partial charge on any atom is -0.465 e. The number of rotatable bonds is 4. The summed E-state index contributed by atoms with van der Waals surface area (Å²) in [7, 11) is -2.79. The molecule has 0 atom stereocenters. The second-order valence-electron chi connectivity index (χ2n) is 5.52. The van der Waals surface area contributed by atoms with Crippen molar-refractivity contribution in [2.24, 2.45) is 0 Å². The van der Waals surface area contributed by atoms with Gasteiger partial charge in [-0.3, -0.25) is 4.72 Å². The van der Waals surface area contributed by atoms with Crippen LogP contribution in [0.3, 0.4) is 0 Å². The second kappa shape index (κ2) is 6.21. The molecule has 0 fully saturated rings. The Morgan fingerprint density at radius 1 is 1.20 bits per heavy atom. The Morgan fingerprint density at radius 2 is 1.92 bits per heavy atom. The summed E-state index contributed by atoms with van der Waals surface area (Å²) in [4.78, 5) is 11.7.